The first-order chi connectivity index (χ1) is 4.22. The van der Waals surface area contributed by atoms with Gasteiger partial charge in [0.2, 0.25) is 0 Å². The standard InChI is InChI=1S/C5H12N2OS/c1-4-8-7(2)5(6)9-3/h6H,4H2,1-3H3. The van der Waals surface area contributed by atoms with E-state index in [1.807, 2.05) is 13.2 Å². The van der Waals surface area contributed by atoms with E-state index < -0.39 is 0 Å². The maximum absolute atomic E-state index is 7.21. The summed E-state index contributed by atoms with van der Waals surface area (Å²) in [5.74, 6) is 0. The number of nitrogens with zero attached hydrogens (tertiary/aromatic N) is 1. The van der Waals surface area contributed by atoms with E-state index in [9.17, 15) is 0 Å². The topological polar surface area (TPSA) is 36.3 Å². The molecule has 0 aromatic rings. The zero-order valence-corrected chi connectivity index (χ0v) is 6.79. The summed E-state index contributed by atoms with van der Waals surface area (Å²) in [7, 11) is 1.72. The summed E-state index contributed by atoms with van der Waals surface area (Å²) in [6.45, 7) is 2.50. The van der Waals surface area contributed by atoms with Crippen molar-refractivity contribution in [1.29, 1.82) is 5.41 Å². The molecule has 0 aromatic carbocycles. The summed E-state index contributed by atoms with van der Waals surface area (Å²) in [5.41, 5.74) is 0. The summed E-state index contributed by atoms with van der Waals surface area (Å²) in [6.07, 6.45) is 1.85. The summed E-state index contributed by atoms with van der Waals surface area (Å²) in [6, 6.07) is 0. The fraction of sp³-hybridized carbons (Fsp3) is 0.800. The van der Waals surface area contributed by atoms with Gasteiger partial charge in [0.05, 0.1) is 6.61 Å². The summed E-state index contributed by atoms with van der Waals surface area (Å²) >= 11 is 1.36. The molecule has 0 bridgehead atoms. The Hall–Kier alpha value is -0.220. The third kappa shape index (κ3) is 3.37. The number of rotatable bonds is 2. The zero-order valence-electron chi connectivity index (χ0n) is 5.97. The SMILES string of the molecule is CCON(C)C(=N)SC. The Bertz CT molecular complexity index is 97.0. The molecule has 0 heterocycles. The van der Waals surface area contributed by atoms with Crippen LogP contribution in [0.5, 0.6) is 0 Å². The van der Waals surface area contributed by atoms with Crippen LogP contribution < -0.4 is 0 Å². The summed E-state index contributed by atoms with van der Waals surface area (Å²) in [4.78, 5) is 4.98. The van der Waals surface area contributed by atoms with Crippen LogP contribution in [0.2, 0.25) is 0 Å². The lowest BCUT2D eigenvalue weighted by atomic mass is 10.9. The average Bonchev–Trinajstić information content (AvgIpc) is 1.87. The maximum atomic E-state index is 7.21. The van der Waals surface area contributed by atoms with Crippen LogP contribution >= 0.6 is 11.8 Å². The Morgan fingerprint density at radius 2 is 2.33 bits per heavy atom. The van der Waals surface area contributed by atoms with Gasteiger partial charge in [-0.2, -0.15) is 0 Å². The fourth-order valence-corrected chi connectivity index (χ4v) is 0.691. The van der Waals surface area contributed by atoms with Gasteiger partial charge >= 0.3 is 0 Å². The number of hydroxylamine groups is 2. The largest absolute Gasteiger partial charge is 0.277 e. The van der Waals surface area contributed by atoms with Gasteiger partial charge in [-0.25, -0.2) is 5.06 Å². The number of amidine groups is 1. The molecule has 0 rings (SSSR count). The molecular weight excluding hydrogens is 136 g/mol. The van der Waals surface area contributed by atoms with Crippen molar-refractivity contribution in [2.75, 3.05) is 19.9 Å². The molecule has 54 valence electrons. The molecule has 0 fully saturated rings. The zero-order chi connectivity index (χ0) is 7.28. The Kier molecular flexibility index (Phi) is 4.53. The highest BCUT2D eigenvalue weighted by Gasteiger charge is 1.99. The van der Waals surface area contributed by atoms with Crippen LogP contribution in [0, 0.1) is 5.41 Å². The summed E-state index contributed by atoms with van der Waals surface area (Å²) < 4.78 is 0. The van der Waals surface area contributed by atoms with Gasteiger partial charge in [0, 0.05) is 7.05 Å². The molecule has 0 aromatic heterocycles. The third-order valence-corrected chi connectivity index (χ3v) is 1.45. The van der Waals surface area contributed by atoms with Crippen molar-refractivity contribution in [3.05, 3.63) is 0 Å². The van der Waals surface area contributed by atoms with E-state index in [0.29, 0.717) is 11.8 Å². The van der Waals surface area contributed by atoms with Crippen molar-refractivity contribution in [3.63, 3.8) is 0 Å². The second-order valence-corrected chi connectivity index (χ2v) is 2.22. The van der Waals surface area contributed by atoms with Gasteiger partial charge in [0.15, 0.2) is 5.17 Å². The second-order valence-electron chi connectivity index (χ2n) is 1.42. The van der Waals surface area contributed by atoms with E-state index in [0.717, 1.165) is 0 Å². The average molecular weight is 148 g/mol. The molecule has 0 aliphatic rings. The molecule has 0 unspecified atom stereocenters. The second kappa shape index (κ2) is 4.64. The fourth-order valence-electron chi connectivity index (χ4n) is 0.381. The molecule has 0 saturated heterocycles. The van der Waals surface area contributed by atoms with E-state index in [4.69, 9.17) is 10.2 Å². The van der Waals surface area contributed by atoms with Crippen LogP contribution in [0.25, 0.3) is 0 Å². The third-order valence-electron chi connectivity index (χ3n) is 0.802. The maximum Gasteiger partial charge on any atom is 0.179 e. The molecule has 9 heavy (non-hydrogen) atoms. The van der Waals surface area contributed by atoms with E-state index in [-0.39, 0.29) is 0 Å². The Labute approximate surface area is 59.8 Å². The normalized spacial score (nSPS) is 9.22. The molecule has 0 atom stereocenters. The van der Waals surface area contributed by atoms with Gasteiger partial charge in [0.25, 0.3) is 0 Å². The van der Waals surface area contributed by atoms with Crippen molar-refractivity contribution in [3.8, 4) is 0 Å². The minimum Gasteiger partial charge on any atom is -0.277 e. The smallest absolute Gasteiger partial charge is 0.179 e. The van der Waals surface area contributed by atoms with E-state index >= 15 is 0 Å². The van der Waals surface area contributed by atoms with E-state index in [2.05, 4.69) is 0 Å². The predicted octanol–water partition coefficient (Wildman–Crippen LogP) is 1.17. The number of thioether (sulfide) groups is 1. The van der Waals surface area contributed by atoms with Crippen LogP contribution in [0.1, 0.15) is 6.92 Å². The lowest BCUT2D eigenvalue weighted by molar-refractivity contribution is -0.0702. The number of hydrogen-bond donors (Lipinski definition) is 1. The Balaban J connectivity index is 3.45. The molecular formula is C5H12N2OS. The molecule has 0 radical (unpaired) electrons. The molecule has 1 N–H and O–H groups in total. The van der Waals surface area contributed by atoms with Gasteiger partial charge in [-0.1, -0.05) is 11.8 Å². The molecule has 0 spiro atoms. The van der Waals surface area contributed by atoms with Gasteiger partial charge in [-0.3, -0.25) is 10.2 Å². The highest BCUT2D eigenvalue weighted by Crippen LogP contribution is 1.99. The highest BCUT2D eigenvalue weighted by molar-refractivity contribution is 8.13. The lowest BCUT2D eigenvalue weighted by Gasteiger charge is -2.15. The van der Waals surface area contributed by atoms with Crippen molar-refractivity contribution in [2.45, 2.75) is 6.92 Å². The first-order valence-electron chi connectivity index (χ1n) is 2.71. The van der Waals surface area contributed by atoms with Gasteiger partial charge in [0.1, 0.15) is 0 Å². The molecule has 0 aliphatic heterocycles. The van der Waals surface area contributed by atoms with Crippen molar-refractivity contribution in [1.82, 2.24) is 5.06 Å². The van der Waals surface area contributed by atoms with Crippen molar-refractivity contribution < 1.29 is 4.84 Å². The first-order valence-corrected chi connectivity index (χ1v) is 3.94. The van der Waals surface area contributed by atoms with E-state index in [1.165, 1.54) is 16.8 Å². The molecule has 0 amide bonds. The minimum atomic E-state index is 0.428. The molecule has 0 saturated carbocycles. The van der Waals surface area contributed by atoms with Crippen molar-refractivity contribution >= 4 is 16.9 Å². The van der Waals surface area contributed by atoms with Crippen molar-refractivity contribution in [2.24, 2.45) is 0 Å². The summed E-state index contributed by atoms with van der Waals surface area (Å²) in [5, 5.41) is 9.09. The Morgan fingerprint density at radius 3 is 2.67 bits per heavy atom. The van der Waals surface area contributed by atoms with Crippen LogP contribution in [0.3, 0.4) is 0 Å². The monoisotopic (exact) mass is 148 g/mol. The van der Waals surface area contributed by atoms with Gasteiger partial charge < -0.3 is 0 Å². The lowest BCUT2D eigenvalue weighted by Crippen LogP contribution is -2.23. The Morgan fingerprint density at radius 1 is 1.78 bits per heavy atom. The molecule has 3 nitrogen and oxygen atoms in total. The van der Waals surface area contributed by atoms with Crippen LogP contribution in [0.4, 0.5) is 0 Å². The predicted molar refractivity (Wildman–Crippen MR) is 40.6 cm³/mol. The highest BCUT2D eigenvalue weighted by atomic mass is 32.2. The van der Waals surface area contributed by atoms with Crippen LogP contribution in [0.15, 0.2) is 0 Å². The minimum absolute atomic E-state index is 0.428. The number of hydrogen-bond acceptors (Lipinski definition) is 3. The van der Waals surface area contributed by atoms with Crippen LogP contribution in [-0.2, 0) is 4.84 Å². The van der Waals surface area contributed by atoms with Gasteiger partial charge in [-0.05, 0) is 13.2 Å². The number of nitrogens with one attached hydrogen (secondary N) is 1. The van der Waals surface area contributed by atoms with Gasteiger partial charge in [-0.15, -0.1) is 0 Å². The van der Waals surface area contributed by atoms with Crippen LogP contribution in [-0.4, -0.2) is 30.1 Å². The molecule has 4 heteroatoms. The quantitative estimate of drug-likeness (QED) is 0.363. The first kappa shape index (κ1) is 8.78. The molecule has 0 aliphatic carbocycles. The van der Waals surface area contributed by atoms with E-state index in [1.54, 1.807) is 7.05 Å².